The third-order valence-corrected chi connectivity index (χ3v) is 2.85. The number of pyridine rings is 1. The van der Waals surface area contributed by atoms with Crippen molar-refractivity contribution >= 4 is 0 Å². The smallest absolute Gasteiger partial charge is 0.131 e. The predicted molar refractivity (Wildman–Crippen MR) is 67.7 cm³/mol. The van der Waals surface area contributed by atoms with Gasteiger partial charge in [0.05, 0.1) is 5.69 Å². The summed E-state index contributed by atoms with van der Waals surface area (Å²) in [6.45, 7) is 5.05. The maximum Gasteiger partial charge on any atom is 0.131 e. The lowest BCUT2D eigenvalue weighted by atomic mass is 10.1. The van der Waals surface area contributed by atoms with Gasteiger partial charge in [0.25, 0.3) is 0 Å². The number of hydrogen-bond donors (Lipinski definition) is 1. The van der Waals surface area contributed by atoms with Crippen molar-refractivity contribution in [3.8, 4) is 0 Å². The summed E-state index contributed by atoms with van der Waals surface area (Å²) in [6, 6.07) is 4.09. The average molecular weight is 230 g/mol. The van der Waals surface area contributed by atoms with Crippen LogP contribution in [0.25, 0.3) is 0 Å². The molecule has 17 heavy (non-hydrogen) atoms. The van der Waals surface area contributed by atoms with Crippen molar-refractivity contribution in [1.82, 2.24) is 19.9 Å². The van der Waals surface area contributed by atoms with Crippen LogP contribution in [-0.4, -0.2) is 21.1 Å². The molecule has 0 aliphatic heterocycles. The van der Waals surface area contributed by atoms with Crippen molar-refractivity contribution in [2.45, 2.75) is 19.9 Å². The Morgan fingerprint density at radius 2 is 2.18 bits per heavy atom. The SMILES string of the molecule is CCNC(c1ncccc1C)c1nccn1C. The highest BCUT2D eigenvalue weighted by Crippen LogP contribution is 2.20. The van der Waals surface area contributed by atoms with E-state index in [9.17, 15) is 0 Å². The van der Waals surface area contributed by atoms with Gasteiger partial charge in [0.2, 0.25) is 0 Å². The number of aromatic nitrogens is 3. The first-order valence-electron chi connectivity index (χ1n) is 5.86. The number of hydrogen-bond acceptors (Lipinski definition) is 3. The first kappa shape index (κ1) is 11.8. The maximum absolute atomic E-state index is 4.48. The molecule has 2 aromatic heterocycles. The number of rotatable bonds is 4. The second-order valence-electron chi connectivity index (χ2n) is 4.09. The average Bonchev–Trinajstić information content (AvgIpc) is 2.74. The molecule has 1 N–H and O–H groups in total. The highest BCUT2D eigenvalue weighted by molar-refractivity contribution is 5.26. The Morgan fingerprint density at radius 1 is 1.35 bits per heavy atom. The third kappa shape index (κ3) is 2.36. The van der Waals surface area contributed by atoms with Crippen LogP contribution < -0.4 is 5.32 Å². The monoisotopic (exact) mass is 230 g/mol. The van der Waals surface area contributed by atoms with Crippen molar-refractivity contribution < 1.29 is 0 Å². The van der Waals surface area contributed by atoms with E-state index in [1.807, 2.05) is 36.3 Å². The second kappa shape index (κ2) is 5.10. The molecule has 0 bridgehead atoms. The van der Waals surface area contributed by atoms with Crippen molar-refractivity contribution in [2.24, 2.45) is 7.05 Å². The van der Waals surface area contributed by atoms with E-state index in [0.717, 1.165) is 18.1 Å². The van der Waals surface area contributed by atoms with Crippen molar-refractivity contribution in [3.63, 3.8) is 0 Å². The largest absolute Gasteiger partial charge is 0.336 e. The number of nitrogens with zero attached hydrogens (tertiary/aromatic N) is 3. The fourth-order valence-electron chi connectivity index (χ4n) is 1.97. The molecule has 1 unspecified atom stereocenters. The molecule has 0 aliphatic carbocycles. The minimum Gasteiger partial charge on any atom is -0.336 e. The van der Waals surface area contributed by atoms with Gasteiger partial charge in [-0.3, -0.25) is 4.98 Å². The molecule has 0 radical (unpaired) electrons. The third-order valence-electron chi connectivity index (χ3n) is 2.85. The lowest BCUT2D eigenvalue weighted by Crippen LogP contribution is -2.26. The van der Waals surface area contributed by atoms with Crippen LogP contribution in [0.15, 0.2) is 30.7 Å². The van der Waals surface area contributed by atoms with Gasteiger partial charge in [0.15, 0.2) is 0 Å². The van der Waals surface area contributed by atoms with Crippen LogP contribution in [0.2, 0.25) is 0 Å². The normalized spacial score (nSPS) is 12.6. The molecule has 0 aliphatic rings. The minimum atomic E-state index is 0.0567. The van der Waals surface area contributed by atoms with E-state index in [-0.39, 0.29) is 6.04 Å². The van der Waals surface area contributed by atoms with Crippen LogP contribution in [0, 0.1) is 6.92 Å². The predicted octanol–water partition coefficient (Wildman–Crippen LogP) is 1.82. The molecule has 0 spiro atoms. The minimum absolute atomic E-state index is 0.0567. The van der Waals surface area contributed by atoms with E-state index in [1.54, 1.807) is 0 Å². The molecule has 90 valence electrons. The van der Waals surface area contributed by atoms with Crippen LogP contribution >= 0.6 is 0 Å². The summed E-state index contributed by atoms with van der Waals surface area (Å²) in [7, 11) is 2.00. The van der Waals surface area contributed by atoms with Crippen molar-refractivity contribution in [3.05, 3.63) is 47.8 Å². The van der Waals surface area contributed by atoms with E-state index in [0.29, 0.717) is 0 Å². The summed E-state index contributed by atoms with van der Waals surface area (Å²) in [4.78, 5) is 8.89. The zero-order chi connectivity index (χ0) is 12.3. The summed E-state index contributed by atoms with van der Waals surface area (Å²) >= 11 is 0. The molecule has 0 saturated heterocycles. The van der Waals surface area contributed by atoms with E-state index in [4.69, 9.17) is 0 Å². The summed E-state index contributed by atoms with van der Waals surface area (Å²) < 4.78 is 2.03. The lowest BCUT2D eigenvalue weighted by molar-refractivity contribution is 0.562. The summed E-state index contributed by atoms with van der Waals surface area (Å²) in [6.07, 6.45) is 5.60. The molecule has 2 heterocycles. The van der Waals surface area contributed by atoms with E-state index in [1.165, 1.54) is 5.56 Å². The lowest BCUT2D eigenvalue weighted by Gasteiger charge is -2.18. The molecule has 2 rings (SSSR count). The standard InChI is InChI=1S/C13H18N4/c1-4-14-12(13-16-8-9-17(13)3)11-10(2)6-5-7-15-11/h5-9,12,14H,4H2,1-3H3. The number of aryl methyl sites for hydroxylation is 2. The second-order valence-corrected chi connectivity index (χ2v) is 4.09. The van der Waals surface area contributed by atoms with Crippen molar-refractivity contribution in [1.29, 1.82) is 0 Å². The van der Waals surface area contributed by atoms with Gasteiger partial charge in [-0.2, -0.15) is 0 Å². The molecule has 1 atom stereocenters. The summed E-state index contributed by atoms with van der Waals surface area (Å²) in [5.74, 6) is 0.994. The number of nitrogens with one attached hydrogen (secondary N) is 1. The van der Waals surface area contributed by atoms with Crippen LogP contribution in [0.3, 0.4) is 0 Å². The quantitative estimate of drug-likeness (QED) is 0.871. The molecular formula is C13H18N4. The van der Waals surface area contributed by atoms with Gasteiger partial charge in [-0.25, -0.2) is 4.98 Å². The maximum atomic E-state index is 4.48. The Bertz CT molecular complexity index is 490. The Kier molecular flexibility index (Phi) is 3.54. The van der Waals surface area contributed by atoms with Crippen LogP contribution in [0.4, 0.5) is 0 Å². The Hall–Kier alpha value is -1.68. The summed E-state index contributed by atoms with van der Waals surface area (Å²) in [5.41, 5.74) is 2.23. The Balaban J connectivity index is 2.43. The first-order valence-corrected chi connectivity index (χ1v) is 5.86. The van der Waals surface area contributed by atoms with Crippen molar-refractivity contribution in [2.75, 3.05) is 6.54 Å². The topological polar surface area (TPSA) is 42.7 Å². The molecule has 0 amide bonds. The molecule has 2 aromatic rings. The van der Waals surface area contributed by atoms with Crippen LogP contribution in [-0.2, 0) is 7.05 Å². The van der Waals surface area contributed by atoms with Gasteiger partial charge in [0, 0.05) is 25.6 Å². The zero-order valence-corrected chi connectivity index (χ0v) is 10.5. The van der Waals surface area contributed by atoms with E-state index in [2.05, 4.69) is 35.2 Å². The fourth-order valence-corrected chi connectivity index (χ4v) is 1.97. The van der Waals surface area contributed by atoms with Gasteiger partial charge in [-0.1, -0.05) is 13.0 Å². The highest BCUT2D eigenvalue weighted by Gasteiger charge is 2.19. The molecule has 0 fully saturated rings. The van der Waals surface area contributed by atoms with Gasteiger partial charge in [0.1, 0.15) is 11.9 Å². The first-order chi connectivity index (χ1) is 8.24. The van der Waals surface area contributed by atoms with Gasteiger partial charge in [-0.05, 0) is 25.1 Å². The molecular weight excluding hydrogens is 212 g/mol. The summed E-state index contributed by atoms with van der Waals surface area (Å²) in [5, 5.41) is 3.44. The van der Waals surface area contributed by atoms with Gasteiger partial charge in [-0.15, -0.1) is 0 Å². The Morgan fingerprint density at radius 3 is 2.76 bits per heavy atom. The van der Waals surface area contributed by atoms with E-state index >= 15 is 0 Å². The highest BCUT2D eigenvalue weighted by atomic mass is 15.1. The van der Waals surface area contributed by atoms with E-state index < -0.39 is 0 Å². The van der Waals surface area contributed by atoms with Gasteiger partial charge >= 0.3 is 0 Å². The molecule has 0 saturated carbocycles. The van der Waals surface area contributed by atoms with Crippen LogP contribution in [0.5, 0.6) is 0 Å². The zero-order valence-electron chi connectivity index (χ0n) is 10.5. The fraction of sp³-hybridized carbons (Fsp3) is 0.385. The molecule has 4 nitrogen and oxygen atoms in total. The Labute approximate surface area is 102 Å². The van der Waals surface area contributed by atoms with Gasteiger partial charge < -0.3 is 9.88 Å². The van der Waals surface area contributed by atoms with Crippen LogP contribution in [0.1, 0.15) is 30.0 Å². The molecule has 0 aromatic carbocycles. The molecule has 4 heteroatoms. The number of imidazole rings is 1.